The normalized spacial score (nSPS) is 14.6. The highest BCUT2D eigenvalue weighted by molar-refractivity contribution is 7.53. The molecule has 6 N–H and O–H groups in total. The molecule has 1 aromatic rings. The van der Waals surface area contributed by atoms with E-state index < -0.39 is 30.9 Å². The first-order valence-corrected chi connectivity index (χ1v) is 7.79. The molecule has 8 heteroatoms. The topological polar surface area (TPSA) is 141 Å². The van der Waals surface area contributed by atoms with Gasteiger partial charge in [0.25, 0.3) is 0 Å². The van der Waals surface area contributed by atoms with Crippen molar-refractivity contribution in [2.24, 2.45) is 5.73 Å². The van der Waals surface area contributed by atoms with E-state index in [1.54, 1.807) is 24.3 Å². The summed E-state index contributed by atoms with van der Waals surface area (Å²) in [7, 11) is -4.22. The van der Waals surface area contributed by atoms with Gasteiger partial charge in [-0.2, -0.15) is 0 Å². The molecule has 0 aliphatic carbocycles. The second kappa shape index (κ2) is 7.68. The molecule has 0 fully saturated rings. The number of aliphatic hydroxyl groups is 1. The first-order chi connectivity index (χ1) is 9.41. The Labute approximate surface area is 123 Å². The summed E-state index contributed by atoms with van der Waals surface area (Å²) in [5, 5.41) is 14.5. The Morgan fingerprint density at radius 1 is 1.24 bits per heavy atom. The summed E-state index contributed by atoms with van der Waals surface area (Å²) in [5.74, 6) is -1.19. The molecular formula is C13H22NO6P. The monoisotopic (exact) mass is 319 g/mol. The van der Waals surface area contributed by atoms with Gasteiger partial charge in [0, 0.05) is 6.04 Å². The molecule has 0 saturated heterocycles. The first-order valence-electron chi connectivity index (χ1n) is 6.18. The predicted molar refractivity (Wildman–Crippen MR) is 78.8 cm³/mol. The maximum atomic E-state index is 11.3. The third-order valence-corrected chi connectivity index (χ3v) is 4.81. The van der Waals surface area contributed by atoms with Gasteiger partial charge < -0.3 is 25.7 Å². The van der Waals surface area contributed by atoms with Crippen LogP contribution in [0, 0.1) is 0 Å². The zero-order valence-corrected chi connectivity index (χ0v) is 13.1. The van der Waals surface area contributed by atoms with Crippen molar-refractivity contribution in [3.8, 4) is 0 Å². The van der Waals surface area contributed by atoms with Gasteiger partial charge >= 0.3 is 13.6 Å². The Hall–Kier alpha value is -1.24. The lowest BCUT2D eigenvalue weighted by molar-refractivity contribution is -0.145. The van der Waals surface area contributed by atoms with Crippen LogP contribution in [-0.4, -0.2) is 37.2 Å². The van der Waals surface area contributed by atoms with Gasteiger partial charge in [0.2, 0.25) is 0 Å². The number of carbonyl (C=O) groups is 1. The van der Waals surface area contributed by atoms with Crippen LogP contribution in [0.4, 0.5) is 0 Å². The fraction of sp³-hybridized carbons (Fsp3) is 0.462. The number of nitrogens with two attached hydrogens (primary N) is 1. The lowest BCUT2D eigenvalue weighted by Crippen LogP contribution is -2.35. The molecule has 0 spiro atoms. The summed E-state index contributed by atoms with van der Waals surface area (Å²) in [5.41, 5.74) is 6.59. The molecular weight excluding hydrogens is 297 g/mol. The van der Waals surface area contributed by atoms with Gasteiger partial charge in [-0.1, -0.05) is 30.3 Å². The van der Waals surface area contributed by atoms with Crippen molar-refractivity contribution in [1.82, 2.24) is 0 Å². The molecule has 1 rings (SSSR count). The molecule has 1 aromatic carbocycles. The van der Waals surface area contributed by atoms with Gasteiger partial charge in [-0.25, -0.2) is 4.79 Å². The molecule has 2 atom stereocenters. The van der Waals surface area contributed by atoms with Crippen LogP contribution >= 0.6 is 7.60 Å². The van der Waals surface area contributed by atoms with Gasteiger partial charge in [0.1, 0.15) is 6.10 Å². The fourth-order valence-electron chi connectivity index (χ4n) is 1.25. The van der Waals surface area contributed by atoms with Gasteiger partial charge in [0.05, 0.1) is 5.16 Å². The van der Waals surface area contributed by atoms with Crippen molar-refractivity contribution in [2.45, 2.75) is 38.1 Å². The summed E-state index contributed by atoms with van der Waals surface area (Å²) in [6.45, 7) is 4.15. The minimum Gasteiger partial charge on any atom is -0.479 e. The summed E-state index contributed by atoms with van der Waals surface area (Å²) in [4.78, 5) is 27.9. The van der Waals surface area contributed by atoms with Crippen molar-refractivity contribution < 1.29 is 29.4 Å². The van der Waals surface area contributed by atoms with Crippen LogP contribution in [0.1, 0.15) is 32.4 Å². The summed E-state index contributed by atoms with van der Waals surface area (Å²) in [6, 6.07) is 8.28. The third-order valence-electron chi connectivity index (χ3n) is 3.03. The van der Waals surface area contributed by atoms with E-state index in [1.165, 1.54) is 20.8 Å². The zero-order valence-electron chi connectivity index (χ0n) is 12.2. The number of benzene rings is 1. The van der Waals surface area contributed by atoms with Crippen molar-refractivity contribution >= 4 is 13.6 Å². The Bertz CT molecular complexity index is 497. The van der Waals surface area contributed by atoms with E-state index in [9.17, 15) is 19.1 Å². The van der Waals surface area contributed by atoms with Crippen LogP contribution in [-0.2, 0) is 9.36 Å². The molecule has 0 saturated carbocycles. The molecule has 0 bridgehead atoms. The van der Waals surface area contributed by atoms with Crippen LogP contribution < -0.4 is 5.73 Å². The highest BCUT2D eigenvalue weighted by Crippen LogP contribution is 2.55. The number of hydrogen-bond acceptors (Lipinski definition) is 4. The van der Waals surface area contributed by atoms with Gasteiger partial charge in [-0.15, -0.1) is 0 Å². The van der Waals surface area contributed by atoms with Crippen LogP contribution in [0.2, 0.25) is 0 Å². The number of aliphatic hydroxyl groups excluding tert-OH is 1. The molecule has 2 unspecified atom stereocenters. The molecule has 120 valence electrons. The van der Waals surface area contributed by atoms with Crippen molar-refractivity contribution in [3.63, 3.8) is 0 Å². The van der Waals surface area contributed by atoms with E-state index in [-0.39, 0.29) is 0 Å². The zero-order chi connectivity index (χ0) is 16.8. The van der Waals surface area contributed by atoms with E-state index in [4.69, 9.17) is 15.9 Å². The van der Waals surface area contributed by atoms with Crippen LogP contribution in [0.25, 0.3) is 0 Å². The largest absolute Gasteiger partial charge is 0.479 e. The number of rotatable bonds is 4. The smallest absolute Gasteiger partial charge is 0.332 e. The minimum atomic E-state index is -4.22. The summed E-state index contributed by atoms with van der Waals surface area (Å²) < 4.78 is 11.3. The number of hydrogen-bond donors (Lipinski definition) is 5. The highest BCUT2D eigenvalue weighted by atomic mass is 31.2. The molecule has 0 radical (unpaired) electrons. The van der Waals surface area contributed by atoms with Gasteiger partial charge in [-0.3, -0.25) is 4.57 Å². The fourth-order valence-corrected chi connectivity index (χ4v) is 1.76. The minimum absolute atomic E-state index is 0.681. The number of carboxylic acid groups (broad SMARTS) is 1. The molecule has 0 aromatic heterocycles. The molecule has 0 aliphatic rings. The van der Waals surface area contributed by atoms with Crippen LogP contribution in [0.5, 0.6) is 0 Å². The van der Waals surface area contributed by atoms with Crippen molar-refractivity contribution in [3.05, 3.63) is 35.9 Å². The van der Waals surface area contributed by atoms with Crippen molar-refractivity contribution in [2.75, 3.05) is 0 Å². The van der Waals surface area contributed by atoms with Crippen molar-refractivity contribution in [1.29, 1.82) is 0 Å². The molecule has 0 amide bonds. The molecule has 0 heterocycles. The quantitative estimate of drug-likeness (QED) is 0.523. The lowest BCUT2D eigenvalue weighted by atomic mass is 9.96. The van der Waals surface area contributed by atoms with E-state index in [2.05, 4.69) is 0 Å². The third kappa shape index (κ3) is 5.95. The average Bonchev–Trinajstić information content (AvgIpc) is 2.38. The molecule has 21 heavy (non-hydrogen) atoms. The Morgan fingerprint density at radius 2 is 1.62 bits per heavy atom. The SMILES string of the molecule is CC(C)(C(N)c1ccccc1)P(=O)(O)O.CC(O)C(=O)O. The average molecular weight is 319 g/mol. The van der Waals surface area contributed by atoms with Gasteiger partial charge in [0.15, 0.2) is 0 Å². The number of carboxylic acids is 1. The van der Waals surface area contributed by atoms with Crippen LogP contribution in [0.15, 0.2) is 30.3 Å². The maximum Gasteiger partial charge on any atom is 0.332 e. The molecule has 0 aliphatic heterocycles. The van der Waals surface area contributed by atoms with Gasteiger partial charge in [-0.05, 0) is 26.3 Å². The van der Waals surface area contributed by atoms with E-state index in [1.807, 2.05) is 6.07 Å². The predicted octanol–water partition coefficient (Wildman–Crippen LogP) is 1.09. The Morgan fingerprint density at radius 3 is 1.90 bits per heavy atom. The number of aliphatic carboxylic acids is 1. The van der Waals surface area contributed by atoms with Crippen LogP contribution in [0.3, 0.4) is 0 Å². The van der Waals surface area contributed by atoms with E-state index in [0.717, 1.165) is 5.56 Å². The summed E-state index contributed by atoms with van der Waals surface area (Å²) in [6.07, 6.45) is -1.23. The highest BCUT2D eigenvalue weighted by Gasteiger charge is 2.43. The second-order valence-corrected chi connectivity index (χ2v) is 7.34. The van der Waals surface area contributed by atoms with E-state index >= 15 is 0 Å². The Kier molecular flexibility index (Phi) is 7.23. The Balaban J connectivity index is 0.000000567. The maximum absolute atomic E-state index is 11.3. The second-order valence-electron chi connectivity index (χ2n) is 5.10. The van der Waals surface area contributed by atoms with E-state index in [0.29, 0.717) is 0 Å². The summed E-state index contributed by atoms with van der Waals surface area (Å²) >= 11 is 0. The lowest BCUT2D eigenvalue weighted by Gasteiger charge is -2.32. The first kappa shape index (κ1) is 19.8. The standard InChI is InChI=1S/C10H16NO3P.C3H6O3/c1-10(2,15(12,13)14)9(11)8-6-4-3-5-7-8;1-2(4)3(5)6/h3-7,9H,11H2,1-2H3,(H2,12,13,14);2,4H,1H3,(H,5,6). The molecule has 7 nitrogen and oxygen atoms in total.